The number of nitrogens with one attached hydrogen (secondary N) is 1. The Hall–Kier alpha value is -2.53. The number of aryl methyl sites for hydroxylation is 2. The SMILES string of the molecule is Cc1ccc(N=C2NC(=O)/C(=C\c3ccc4c(c3)C(C)CC(C)(C)N4C)S2)cc1C. The van der Waals surface area contributed by atoms with Gasteiger partial charge in [-0.3, -0.25) is 4.79 Å². The largest absolute Gasteiger partial charge is 0.369 e. The van der Waals surface area contributed by atoms with E-state index in [1.807, 2.05) is 18.2 Å². The average Bonchev–Trinajstić information content (AvgIpc) is 3.01. The van der Waals surface area contributed by atoms with Gasteiger partial charge in [0.15, 0.2) is 5.17 Å². The molecular formula is C25H29N3OS. The number of rotatable bonds is 2. The molecule has 0 bridgehead atoms. The van der Waals surface area contributed by atoms with Crippen LogP contribution in [0.15, 0.2) is 46.3 Å². The molecule has 2 aromatic carbocycles. The van der Waals surface area contributed by atoms with Crippen LogP contribution in [0.1, 0.15) is 55.4 Å². The van der Waals surface area contributed by atoms with E-state index in [-0.39, 0.29) is 11.4 Å². The predicted molar refractivity (Wildman–Crippen MR) is 129 cm³/mol. The molecule has 0 aromatic heterocycles. The lowest BCUT2D eigenvalue weighted by Gasteiger charge is -2.45. The first kappa shape index (κ1) is 20.7. The molecule has 156 valence electrons. The zero-order valence-electron chi connectivity index (χ0n) is 18.5. The monoisotopic (exact) mass is 419 g/mol. The normalized spacial score (nSPS) is 23.1. The van der Waals surface area contributed by atoms with Gasteiger partial charge in [-0.2, -0.15) is 0 Å². The molecule has 2 aliphatic heterocycles. The lowest BCUT2D eigenvalue weighted by atomic mass is 9.80. The maximum Gasteiger partial charge on any atom is 0.264 e. The van der Waals surface area contributed by atoms with Crippen molar-refractivity contribution in [2.24, 2.45) is 4.99 Å². The van der Waals surface area contributed by atoms with Crippen LogP contribution < -0.4 is 10.2 Å². The highest BCUT2D eigenvalue weighted by molar-refractivity contribution is 8.18. The number of fused-ring (bicyclic) bond motifs is 1. The molecule has 1 saturated heterocycles. The zero-order chi connectivity index (χ0) is 21.6. The fourth-order valence-electron chi connectivity index (χ4n) is 4.23. The molecule has 1 atom stereocenters. The van der Waals surface area contributed by atoms with Crippen molar-refractivity contribution in [1.29, 1.82) is 0 Å². The molecule has 1 fully saturated rings. The summed E-state index contributed by atoms with van der Waals surface area (Å²) in [6, 6.07) is 12.6. The highest BCUT2D eigenvalue weighted by atomic mass is 32.2. The fraction of sp³-hybridized carbons (Fsp3) is 0.360. The van der Waals surface area contributed by atoms with Crippen LogP contribution in [0.2, 0.25) is 0 Å². The van der Waals surface area contributed by atoms with Gasteiger partial charge in [-0.25, -0.2) is 4.99 Å². The summed E-state index contributed by atoms with van der Waals surface area (Å²) in [5, 5.41) is 3.52. The van der Waals surface area contributed by atoms with E-state index in [1.54, 1.807) is 0 Å². The third kappa shape index (κ3) is 3.91. The van der Waals surface area contributed by atoms with E-state index < -0.39 is 0 Å². The van der Waals surface area contributed by atoms with Crippen LogP contribution in [0.3, 0.4) is 0 Å². The minimum atomic E-state index is -0.0911. The van der Waals surface area contributed by atoms with Gasteiger partial charge < -0.3 is 10.2 Å². The molecule has 0 spiro atoms. The van der Waals surface area contributed by atoms with Crippen molar-refractivity contribution in [3.63, 3.8) is 0 Å². The van der Waals surface area contributed by atoms with Crippen molar-refractivity contribution in [3.05, 3.63) is 63.6 Å². The molecule has 4 nitrogen and oxygen atoms in total. The number of hydrogen-bond acceptors (Lipinski definition) is 4. The first-order chi connectivity index (χ1) is 14.1. The molecule has 0 aliphatic carbocycles. The molecule has 1 unspecified atom stereocenters. The van der Waals surface area contributed by atoms with Gasteiger partial charge in [-0.05, 0) is 104 Å². The number of benzene rings is 2. The summed E-state index contributed by atoms with van der Waals surface area (Å²) in [7, 11) is 2.17. The summed E-state index contributed by atoms with van der Waals surface area (Å²) >= 11 is 1.40. The maximum absolute atomic E-state index is 12.5. The minimum Gasteiger partial charge on any atom is -0.369 e. The molecule has 1 amide bonds. The van der Waals surface area contributed by atoms with Crippen LogP contribution in [0.25, 0.3) is 6.08 Å². The van der Waals surface area contributed by atoms with Crippen LogP contribution >= 0.6 is 11.8 Å². The van der Waals surface area contributed by atoms with E-state index >= 15 is 0 Å². The van der Waals surface area contributed by atoms with Crippen molar-refractivity contribution in [1.82, 2.24) is 5.32 Å². The number of aliphatic imine (C=N–C) groups is 1. The Morgan fingerprint density at radius 1 is 1.17 bits per heavy atom. The molecule has 2 heterocycles. The van der Waals surface area contributed by atoms with Gasteiger partial charge in [-0.15, -0.1) is 0 Å². The molecule has 0 saturated carbocycles. The van der Waals surface area contributed by atoms with Crippen molar-refractivity contribution < 1.29 is 4.79 Å². The summed E-state index contributed by atoms with van der Waals surface area (Å²) in [5.41, 5.74) is 7.11. The number of thioether (sulfide) groups is 1. The van der Waals surface area contributed by atoms with E-state index in [4.69, 9.17) is 0 Å². The van der Waals surface area contributed by atoms with Crippen molar-refractivity contribution in [2.45, 2.75) is 52.5 Å². The van der Waals surface area contributed by atoms with Crippen LogP contribution in [0, 0.1) is 13.8 Å². The lowest BCUT2D eigenvalue weighted by molar-refractivity contribution is -0.115. The molecule has 2 aromatic rings. The molecule has 2 aliphatic rings. The topological polar surface area (TPSA) is 44.7 Å². The van der Waals surface area contributed by atoms with Crippen LogP contribution in [-0.2, 0) is 4.79 Å². The van der Waals surface area contributed by atoms with Crippen LogP contribution in [0.4, 0.5) is 11.4 Å². The standard InChI is InChI=1S/C25H29N3OS/c1-15-7-9-19(11-16(15)2)26-24-27-23(29)22(30-24)13-18-8-10-21-20(12-18)17(3)14-25(4,5)28(21)6/h7-13,17H,14H2,1-6H3,(H,26,27,29)/b22-13+. The van der Waals surface area contributed by atoms with Gasteiger partial charge in [0.1, 0.15) is 0 Å². The average molecular weight is 420 g/mol. The Morgan fingerprint density at radius 3 is 2.67 bits per heavy atom. The Morgan fingerprint density at radius 2 is 1.93 bits per heavy atom. The summed E-state index contributed by atoms with van der Waals surface area (Å²) in [4.78, 5) is 20.2. The summed E-state index contributed by atoms with van der Waals surface area (Å²) in [5.74, 6) is 0.392. The molecule has 4 rings (SSSR count). The zero-order valence-corrected chi connectivity index (χ0v) is 19.4. The van der Waals surface area contributed by atoms with E-state index in [0.29, 0.717) is 16.0 Å². The van der Waals surface area contributed by atoms with E-state index in [9.17, 15) is 4.79 Å². The Labute approximate surface area is 183 Å². The first-order valence-corrected chi connectivity index (χ1v) is 11.2. The van der Waals surface area contributed by atoms with Crippen LogP contribution in [0.5, 0.6) is 0 Å². The quantitative estimate of drug-likeness (QED) is 0.615. The Bertz CT molecular complexity index is 1080. The number of nitrogens with zero attached hydrogens (tertiary/aromatic N) is 2. The van der Waals surface area contributed by atoms with Gasteiger partial charge in [0, 0.05) is 18.3 Å². The number of carbonyl (C=O) groups excluding carboxylic acids is 1. The van der Waals surface area contributed by atoms with Gasteiger partial charge >= 0.3 is 0 Å². The third-order valence-corrected chi connectivity index (χ3v) is 7.24. The summed E-state index contributed by atoms with van der Waals surface area (Å²) in [6.07, 6.45) is 3.08. The predicted octanol–water partition coefficient (Wildman–Crippen LogP) is 5.92. The third-order valence-electron chi connectivity index (χ3n) is 6.33. The second kappa shape index (κ2) is 7.62. The number of amidine groups is 1. The molecule has 1 N–H and O–H groups in total. The molecular weight excluding hydrogens is 390 g/mol. The Balaban J connectivity index is 1.60. The van der Waals surface area contributed by atoms with E-state index in [2.05, 4.69) is 81.1 Å². The molecule has 0 radical (unpaired) electrons. The maximum atomic E-state index is 12.5. The van der Waals surface area contributed by atoms with Gasteiger partial charge in [0.25, 0.3) is 5.91 Å². The summed E-state index contributed by atoms with van der Waals surface area (Å²) < 4.78 is 0. The van der Waals surface area contributed by atoms with Gasteiger partial charge in [0.2, 0.25) is 0 Å². The highest BCUT2D eigenvalue weighted by Crippen LogP contribution is 2.43. The van der Waals surface area contributed by atoms with Crippen molar-refractivity contribution >= 4 is 40.3 Å². The number of anilines is 1. The highest BCUT2D eigenvalue weighted by Gasteiger charge is 2.34. The van der Waals surface area contributed by atoms with Crippen LogP contribution in [-0.4, -0.2) is 23.7 Å². The smallest absolute Gasteiger partial charge is 0.264 e. The second-order valence-electron chi connectivity index (χ2n) is 9.05. The lowest BCUT2D eigenvalue weighted by Crippen LogP contribution is -2.45. The Kier molecular flexibility index (Phi) is 5.27. The summed E-state index contributed by atoms with van der Waals surface area (Å²) in [6.45, 7) is 11.0. The number of amides is 1. The number of hydrogen-bond donors (Lipinski definition) is 1. The van der Waals surface area contributed by atoms with Gasteiger partial charge in [-0.1, -0.05) is 19.1 Å². The molecule has 5 heteroatoms. The molecule has 30 heavy (non-hydrogen) atoms. The number of carbonyl (C=O) groups is 1. The van der Waals surface area contributed by atoms with Crippen molar-refractivity contribution in [2.75, 3.05) is 11.9 Å². The van der Waals surface area contributed by atoms with E-state index in [0.717, 1.165) is 17.7 Å². The van der Waals surface area contributed by atoms with E-state index in [1.165, 1.54) is 34.1 Å². The second-order valence-corrected chi connectivity index (χ2v) is 10.1. The fourth-order valence-corrected chi connectivity index (χ4v) is 5.07. The minimum absolute atomic E-state index is 0.0911. The van der Waals surface area contributed by atoms with Gasteiger partial charge in [0.05, 0.1) is 10.6 Å². The van der Waals surface area contributed by atoms with Crippen molar-refractivity contribution in [3.8, 4) is 0 Å². The first-order valence-electron chi connectivity index (χ1n) is 10.4.